The molecule has 1 unspecified atom stereocenters. The molecule has 0 aliphatic carbocycles. The maximum Gasteiger partial charge on any atom is 0.267 e. The summed E-state index contributed by atoms with van der Waals surface area (Å²) in [5.41, 5.74) is 7.58. The molecule has 1 aliphatic rings. The van der Waals surface area contributed by atoms with Crippen LogP contribution in [0.4, 0.5) is 5.69 Å². The molecule has 1 atom stereocenters. The molecule has 20 heavy (non-hydrogen) atoms. The summed E-state index contributed by atoms with van der Waals surface area (Å²) < 4.78 is 5.67. The number of fused-ring (bicyclic) bond motifs is 1. The summed E-state index contributed by atoms with van der Waals surface area (Å²) in [6, 6.07) is 5.84. The van der Waals surface area contributed by atoms with E-state index >= 15 is 0 Å². The second-order valence-electron chi connectivity index (χ2n) is 5.32. The van der Waals surface area contributed by atoms with Crippen molar-refractivity contribution in [3.63, 3.8) is 0 Å². The molecule has 1 aromatic carbocycles. The smallest absolute Gasteiger partial charge is 0.267 e. The molecule has 1 aromatic rings. The highest BCUT2D eigenvalue weighted by molar-refractivity contribution is 5.99. The molecule has 1 heterocycles. The van der Waals surface area contributed by atoms with Gasteiger partial charge in [-0.05, 0) is 31.0 Å². The van der Waals surface area contributed by atoms with Crippen molar-refractivity contribution in [2.45, 2.75) is 52.2 Å². The summed E-state index contributed by atoms with van der Waals surface area (Å²) >= 11 is 0. The van der Waals surface area contributed by atoms with Crippen molar-refractivity contribution in [1.82, 2.24) is 0 Å². The second kappa shape index (κ2) is 6.75. The van der Waals surface area contributed by atoms with Crippen LogP contribution in [0.1, 0.15) is 45.1 Å². The predicted octanol–water partition coefficient (Wildman–Crippen LogP) is 2.84. The number of carbonyl (C=O) groups is 1. The molecule has 0 aromatic heterocycles. The number of unbranched alkanes of at least 4 members (excludes halogenated alkanes) is 3. The molecular weight excluding hydrogens is 252 g/mol. The van der Waals surface area contributed by atoms with Crippen LogP contribution in [-0.2, 0) is 11.3 Å². The first-order chi connectivity index (χ1) is 9.67. The number of ether oxygens (including phenoxy) is 1. The van der Waals surface area contributed by atoms with Gasteiger partial charge in [0.05, 0.1) is 5.69 Å². The van der Waals surface area contributed by atoms with E-state index in [1.807, 2.05) is 23.1 Å². The van der Waals surface area contributed by atoms with E-state index in [-0.39, 0.29) is 5.91 Å². The van der Waals surface area contributed by atoms with Crippen LogP contribution in [0.25, 0.3) is 0 Å². The topological polar surface area (TPSA) is 55.6 Å². The number of amides is 1. The van der Waals surface area contributed by atoms with E-state index in [1.165, 1.54) is 12.8 Å². The van der Waals surface area contributed by atoms with Crippen molar-refractivity contribution < 1.29 is 9.53 Å². The number of carbonyl (C=O) groups excluding carboxylic acids is 1. The van der Waals surface area contributed by atoms with Gasteiger partial charge in [0, 0.05) is 13.1 Å². The molecule has 0 bridgehead atoms. The lowest BCUT2D eigenvalue weighted by Gasteiger charge is -2.33. The highest BCUT2D eigenvalue weighted by Gasteiger charge is 2.31. The average molecular weight is 276 g/mol. The summed E-state index contributed by atoms with van der Waals surface area (Å²) in [5, 5.41) is 0. The van der Waals surface area contributed by atoms with E-state index in [2.05, 4.69) is 6.92 Å². The number of anilines is 1. The number of benzene rings is 1. The second-order valence-corrected chi connectivity index (χ2v) is 5.32. The molecular formula is C16H24N2O2. The summed E-state index contributed by atoms with van der Waals surface area (Å²) in [4.78, 5) is 14.2. The molecule has 110 valence electrons. The van der Waals surface area contributed by atoms with Gasteiger partial charge in [-0.15, -0.1) is 0 Å². The van der Waals surface area contributed by atoms with Gasteiger partial charge in [-0.25, -0.2) is 0 Å². The van der Waals surface area contributed by atoms with Gasteiger partial charge in [-0.1, -0.05) is 32.3 Å². The Labute approximate surface area is 120 Å². The van der Waals surface area contributed by atoms with Gasteiger partial charge in [-0.3, -0.25) is 4.79 Å². The highest BCUT2D eigenvalue weighted by atomic mass is 16.5. The lowest BCUT2D eigenvalue weighted by molar-refractivity contribution is -0.125. The number of rotatable bonds is 6. The largest absolute Gasteiger partial charge is 0.479 e. The van der Waals surface area contributed by atoms with Crippen molar-refractivity contribution in [1.29, 1.82) is 0 Å². The number of nitrogens with two attached hydrogens (primary N) is 1. The van der Waals surface area contributed by atoms with Crippen molar-refractivity contribution in [3.8, 4) is 5.75 Å². The maximum atomic E-state index is 12.3. The number of hydrogen-bond donors (Lipinski definition) is 1. The minimum Gasteiger partial charge on any atom is -0.479 e. The Bertz CT molecular complexity index is 474. The molecule has 2 rings (SSSR count). The van der Waals surface area contributed by atoms with Crippen LogP contribution in [0.15, 0.2) is 18.2 Å². The highest BCUT2D eigenvalue weighted by Crippen LogP contribution is 2.35. The molecule has 4 nitrogen and oxygen atoms in total. The zero-order chi connectivity index (χ0) is 14.5. The summed E-state index contributed by atoms with van der Waals surface area (Å²) in [6.45, 7) is 5.22. The van der Waals surface area contributed by atoms with E-state index in [1.54, 1.807) is 6.92 Å². The number of nitrogens with zero attached hydrogens (tertiary/aromatic N) is 1. The summed E-state index contributed by atoms with van der Waals surface area (Å²) in [7, 11) is 0. The van der Waals surface area contributed by atoms with Crippen LogP contribution in [-0.4, -0.2) is 18.6 Å². The van der Waals surface area contributed by atoms with E-state index in [0.29, 0.717) is 6.54 Å². The van der Waals surface area contributed by atoms with Gasteiger partial charge < -0.3 is 15.4 Å². The van der Waals surface area contributed by atoms with E-state index in [4.69, 9.17) is 10.5 Å². The van der Waals surface area contributed by atoms with Gasteiger partial charge in [0.2, 0.25) is 0 Å². The normalized spacial score (nSPS) is 17.9. The molecule has 0 saturated heterocycles. The first-order valence-electron chi connectivity index (χ1n) is 7.48. The third-order valence-corrected chi connectivity index (χ3v) is 3.70. The van der Waals surface area contributed by atoms with E-state index in [9.17, 15) is 4.79 Å². The number of hydrogen-bond acceptors (Lipinski definition) is 3. The molecule has 0 fully saturated rings. The standard InChI is InChI=1S/C16H24N2O2/c1-3-4-5-6-9-18-14-10-13(11-17)7-8-15(14)20-12(2)16(18)19/h7-8,10,12H,3-6,9,11,17H2,1-2H3. The van der Waals surface area contributed by atoms with E-state index < -0.39 is 6.10 Å². The third kappa shape index (κ3) is 3.12. The van der Waals surface area contributed by atoms with Crippen LogP contribution >= 0.6 is 0 Å². The first kappa shape index (κ1) is 14.9. The van der Waals surface area contributed by atoms with Gasteiger partial charge in [-0.2, -0.15) is 0 Å². The fourth-order valence-corrected chi connectivity index (χ4v) is 2.51. The van der Waals surface area contributed by atoms with Crippen molar-refractivity contribution in [2.75, 3.05) is 11.4 Å². The molecule has 4 heteroatoms. The van der Waals surface area contributed by atoms with Gasteiger partial charge >= 0.3 is 0 Å². The van der Waals surface area contributed by atoms with Crippen LogP contribution in [0.3, 0.4) is 0 Å². The molecule has 0 spiro atoms. The first-order valence-corrected chi connectivity index (χ1v) is 7.48. The zero-order valence-electron chi connectivity index (χ0n) is 12.4. The van der Waals surface area contributed by atoms with Crippen LogP contribution < -0.4 is 15.4 Å². The maximum absolute atomic E-state index is 12.3. The molecule has 1 amide bonds. The van der Waals surface area contributed by atoms with Crippen molar-refractivity contribution >= 4 is 11.6 Å². The van der Waals surface area contributed by atoms with Crippen LogP contribution in [0.2, 0.25) is 0 Å². The molecule has 1 aliphatic heterocycles. The van der Waals surface area contributed by atoms with E-state index in [0.717, 1.165) is 36.4 Å². The molecule has 0 saturated carbocycles. The van der Waals surface area contributed by atoms with Crippen LogP contribution in [0, 0.1) is 0 Å². The molecule has 2 N–H and O–H groups in total. The Kier molecular flexibility index (Phi) is 5.01. The predicted molar refractivity (Wildman–Crippen MR) is 80.9 cm³/mol. The minimum absolute atomic E-state index is 0.0446. The van der Waals surface area contributed by atoms with Gasteiger partial charge in [0.25, 0.3) is 5.91 Å². The minimum atomic E-state index is -0.405. The lowest BCUT2D eigenvalue weighted by atomic mass is 10.1. The SMILES string of the molecule is CCCCCCN1C(=O)C(C)Oc2ccc(CN)cc21. The Hall–Kier alpha value is -1.55. The van der Waals surface area contributed by atoms with Crippen molar-refractivity contribution in [2.24, 2.45) is 5.73 Å². The quantitative estimate of drug-likeness (QED) is 0.813. The Morgan fingerprint density at radius 2 is 2.10 bits per heavy atom. The van der Waals surface area contributed by atoms with Gasteiger partial charge in [0.15, 0.2) is 6.10 Å². The summed E-state index contributed by atoms with van der Waals surface area (Å²) in [5.74, 6) is 0.827. The summed E-state index contributed by atoms with van der Waals surface area (Å²) in [6.07, 6.45) is 4.18. The fourth-order valence-electron chi connectivity index (χ4n) is 2.51. The monoisotopic (exact) mass is 276 g/mol. The zero-order valence-corrected chi connectivity index (χ0v) is 12.4. The van der Waals surface area contributed by atoms with Crippen LogP contribution in [0.5, 0.6) is 5.75 Å². The third-order valence-electron chi connectivity index (χ3n) is 3.70. The fraction of sp³-hybridized carbons (Fsp3) is 0.562. The average Bonchev–Trinajstić information content (AvgIpc) is 2.46. The Morgan fingerprint density at radius 3 is 2.80 bits per heavy atom. The van der Waals surface area contributed by atoms with Crippen molar-refractivity contribution in [3.05, 3.63) is 23.8 Å². The lowest BCUT2D eigenvalue weighted by Crippen LogP contribution is -2.45. The van der Waals surface area contributed by atoms with Gasteiger partial charge in [0.1, 0.15) is 5.75 Å². The molecule has 0 radical (unpaired) electrons. The Morgan fingerprint density at radius 1 is 1.30 bits per heavy atom. The Balaban J connectivity index is 2.18.